The molecule has 0 radical (unpaired) electrons. The van der Waals surface area contributed by atoms with Crippen LogP contribution in [0.5, 0.6) is 5.88 Å². The Morgan fingerprint density at radius 2 is 1.80 bits per heavy atom. The number of benzene rings is 1. The normalized spacial score (nSPS) is 10.4. The summed E-state index contributed by atoms with van der Waals surface area (Å²) < 4.78 is 4.91. The van der Waals surface area contributed by atoms with E-state index < -0.39 is 5.97 Å². The molecule has 2 aromatic rings. The van der Waals surface area contributed by atoms with Crippen LogP contribution < -0.4 is 4.74 Å². The minimum Gasteiger partial charge on any atom is -0.481 e. The molecule has 104 valence electrons. The van der Waals surface area contributed by atoms with E-state index in [0.717, 1.165) is 0 Å². The zero-order valence-electron chi connectivity index (χ0n) is 10.2. The topological polar surface area (TPSA) is 59.4 Å². The molecule has 0 saturated carbocycles. The van der Waals surface area contributed by atoms with E-state index >= 15 is 0 Å². The summed E-state index contributed by atoms with van der Waals surface area (Å²) in [6.45, 7) is 0. The number of ether oxygens (including phenoxy) is 1. The third kappa shape index (κ3) is 2.82. The first kappa shape index (κ1) is 14.9. The Balaban J connectivity index is 2.66. The maximum absolute atomic E-state index is 11.3. The number of hydrogen-bond acceptors (Lipinski definition) is 3. The molecule has 7 heteroatoms. The molecule has 20 heavy (non-hydrogen) atoms. The fraction of sp³-hybridized carbons (Fsp3) is 0.0769. The van der Waals surface area contributed by atoms with Crippen molar-refractivity contribution in [2.75, 3.05) is 7.11 Å². The van der Waals surface area contributed by atoms with Gasteiger partial charge in [-0.2, -0.15) is 0 Å². The van der Waals surface area contributed by atoms with Crippen molar-refractivity contribution in [1.82, 2.24) is 4.98 Å². The SMILES string of the molecule is COc1cc(C(=O)O)c(-c2cc(Cl)c(Cl)c(Cl)c2)cn1. The van der Waals surface area contributed by atoms with Gasteiger partial charge < -0.3 is 9.84 Å². The third-order valence-electron chi connectivity index (χ3n) is 2.61. The van der Waals surface area contributed by atoms with Crippen molar-refractivity contribution in [3.05, 3.63) is 45.0 Å². The molecular formula is C13H8Cl3NO3. The molecule has 0 atom stereocenters. The first-order valence-corrected chi connectivity index (χ1v) is 6.49. The monoisotopic (exact) mass is 331 g/mol. The predicted octanol–water partition coefficient (Wildman–Crippen LogP) is 4.42. The van der Waals surface area contributed by atoms with Gasteiger partial charge in [-0.15, -0.1) is 0 Å². The molecule has 0 unspecified atom stereocenters. The number of carboxylic acids is 1. The Kier molecular flexibility index (Phi) is 4.38. The van der Waals surface area contributed by atoms with Crippen LogP contribution in [-0.4, -0.2) is 23.2 Å². The van der Waals surface area contributed by atoms with Gasteiger partial charge >= 0.3 is 5.97 Å². The van der Waals surface area contributed by atoms with E-state index in [1.807, 2.05) is 0 Å². The van der Waals surface area contributed by atoms with Crippen molar-refractivity contribution in [3.8, 4) is 17.0 Å². The molecule has 1 aromatic heterocycles. The first-order chi connectivity index (χ1) is 9.43. The van der Waals surface area contributed by atoms with Gasteiger partial charge in [0.1, 0.15) is 0 Å². The van der Waals surface area contributed by atoms with Gasteiger partial charge in [0.2, 0.25) is 5.88 Å². The van der Waals surface area contributed by atoms with Crippen LogP contribution in [0.4, 0.5) is 0 Å². The summed E-state index contributed by atoms with van der Waals surface area (Å²) in [5, 5.41) is 9.96. The fourth-order valence-corrected chi connectivity index (χ4v) is 2.26. The smallest absolute Gasteiger partial charge is 0.336 e. The summed E-state index contributed by atoms with van der Waals surface area (Å²) in [4.78, 5) is 15.3. The summed E-state index contributed by atoms with van der Waals surface area (Å²) in [6.07, 6.45) is 1.39. The lowest BCUT2D eigenvalue weighted by molar-refractivity contribution is 0.0697. The van der Waals surface area contributed by atoms with Crippen molar-refractivity contribution >= 4 is 40.8 Å². The molecule has 1 heterocycles. The number of halogens is 3. The zero-order chi connectivity index (χ0) is 14.9. The van der Waals surface area contributed by atoms with Crippen LogP contribution >= 0.6 is 34.8 Å². The number of hydrogen-bond donors (Lipinski definition) is 1. The van der Waals surface area contributed by atoms with Crippen LogP contribution in [0.1, 0.15) is 10.4 Å². The maximum atomic E-state index is 11.3. The van der Waals surface area contributed by atoms with E-state index in [9.17, 15) is 9.90 Å². The van der Waals surface area contributed by atoms with Gasteiger partial charge in [-0.05, 0) is 17.7 Å². The molecule has 0 bridgehead atoms. The number of rotatable bonds is 3. The fourth-order valence-electron chi connectivity index (χ4n) is 1.67. The minimum atomic E-state index is -1.11. The highest BCUT2D eigenvalue weighted by Crippen LogP contribution is 2.36. The molecule has 0 aliphatic rings. The van der Waals surface area contributed by atoms with Crippen LogP contribution in [0, 0.1) is 0 Å². The molecule has 2 rings (SSSR count). The number of nitrogens with zero attached hydrogens (tertiary/aromatic N) is 1. The highest BCUT2D eigenvalue weighted by Gasteiger charge is 2.16. The quantitative estimate of drug-likeness (QED) is 0.845. The standard InChI is InChI=1S/C13H8Cl3NO3/c1-20-11-4-7(13(18)19)8(5-17-11)6-2-9(14)12(16)10(15)3-6/h2-5H,1H3,(H,18,19). The second kappa shape index (κ2) is 5.87. The predicted molar refractivity (Wildman–Crippen MR) is 78.2 cm³/mol. The van der Waals surface area contributed by atoms with Crippen LogP contribution in [0.2, 0.25) is 15.1 Å². The Labute approximate surface area is 129 Å². The summed E-state index contributed by atoms with van der Waals surface area (Å²) in [5.74, 6) is -0.903. The lowest BCUT2D eigenvalue weighted by atomic mass is 10.0. The number of pyridine rings is 1. The number of carbonyl (C=O) groups is 1. The van der Waals surface area contributed by atoms with E-state index in [-0.39, 0.29) is 26.5 Å². The first-order valence-electron chi connectivity index (χ1n) is 5.36. The van der Waals surface area contributed by atoms with Gasteiger partial charge in [0.05, 0.1) is 27.7 Å². The van der Waals surface area contributed by atoms with Gasteiger partial charge in [0, 0.05) is 17.8 Å². The van der Waals surface area contributed by atoms with Crippen LogP contribution in [0.3, 0.4) is 0 Å². The second-order valence-electron chi connectivity index (χ2n) is 3.83. The van der Waals surface area contributed by atoms with Crippen molar-refractivity contribution in [1.29, 1.82) is 0 Å². The van der Waals surface area contributed by atoms with Crippen LogP contribution in [0.25, 0.3) is 11.1 Å². The minimum absolute atomic E-state index is 0.0336. The molecule has 0 aliphatic heterocycles. The highest BCUT2D eigenvalue weighted by atomic mass is 35.5. The highest BCUT2D eigenvalue weighted by molar-refractivity contribution is 6.48. The van der Waals surface area contributed by atoms with E-state index in [2.05, 4.69) is 4.98 Å². The molecule has 1 aromatic carbocycles. The molecule has 0 saturated heterocycles. The number of aromatic nitrogens is 1. The largest absolute Gasteiger partial charge is 0.481 e. The molecule has 0 amide bonds. The summed E-state index contributed by atoms with van der Waals surface area (Å²) in [6, 6.07) is 4.39. The number of carboxylic acid groups (broad SMARTS) is 1. The van der Waals surface area contributed by atoms with Gasteiger partial charge in [0.25, 0.3) is 0 Å². The third-order valence-corrected chi connectivity index (χ3v) is 3.81. The Hall–Kier alpha value is -1.49. The summed E-state index contributed by atoms with van der Waals surface area (Å²) >= 11 is 17.8. The van der Waals surface area contributed by atoms with Crippen LogP contribution in [0.15, 0.2) is 24.4 Å². The average Bonchev–Trinajstić information content (AvgIpc) is 2.43. The molecule has 0 aliphatic carbocycles. The molecule has 0 spiro atoms. The second-order valence-corrected chi connectivity index (χ2v) is 5.02. The molecule has 1 N–H and O–H groups in total. The van der Waals surface area contributed by atoms with E-state index in [1.165, 1.54) is 31.5 Å². The van der Waals surface area contributed by atoms with E-state index in [1.54, 1.807) is 0 Å². The van der Waals surface area contributed by atoms with Gasteiger partial charge in [0.15, 0.2) is 0 Å². The van der Waals surface area contributed by atoms with Crippen molar-refractivity contribution in [2.45, 2.75) is 0 Å². The molecule has 4 nitrogen and oxygen atoms in total. The van der Waals surface area contributed by atoms with Gasteiger partial charge in [-0.3, -0.25) is 0 Å². The summed E-state index contributed by atoms with van der Waals surface area (Å²) in [5.41, 5.74) is 0.919. The lowest BCUT2D eigenvalue weighted by Crippen LogP contribution is -2.02. The Morgan fingerprint density at radius 3 is 2.30 bits per heavy atom. The van der Waals surface area contributed by atoms with E-state index in [0.29, 0.717) is 11.1 Å². The number of methoxy groups -OCH3 is 1. The van der Waals surface area contributed by atoms with Crippen molar-refractivity contribution in [2.24, 2.45) is 0 Å². The molecular weight excluding hydrogens is 325 g/mol. The average molecular weight is 333 g/mol. The van der Waals surface area contributed by atoms with E-state index in [4.69, 9.17) is 39.5 Å². The van der Waals surface area contributed by atoms with Crippen molar-refractivity contribution in [3.63, 3.8) is 0 Å². The zero-order valence-corrected chi connectivity index (χ0v) is 12.4. The van der Waals surface area contributed by atoms with Crippen molar-refractivity contribution < 1.29 is 14.6 Å². The Bertz CT molecular complexity index is 666. The van der Waals surface area contributed by atoms with Crippen LogP contribution in [-0.2, 0) is 0 Å². The number of aromatic carboxylic acids is 1. The van der Waals surface area contributed by atoms with Gasteiger partial charge in [-0.25, -0.2) is 9.78 Å². The molecule has 0 fully saturated rings. The summed E-state index contributed by atoms with van der Waals surface area (Å²) in [7, 11) is 1.41. The lowest BCUT2D eigenvalue weighted by Gasteiger charge is -2.09. The Morgan fingerprint density at radius 1 is 1.20 bits per heavy atom. The van der Waals surface area contributed by atoms with Gasteiger partial charge in [-0.1, -0.05) is 34.8 Å². The maximum Gasteiger partial charge on any atom is 0.336 e.